The first kappa shape index (κ1) is 14.5. The van der Waals surface area contributed by atoms with Crippen LogP contribution < -0.4 is 10.6 Å². The van der Waals surface area contributed by atoms with E-state index in [0.717, 1.165) is 24.8 Å². The number of carbonyl (C=O) groups excluding carboxylic acids is 2. The van der Waals surface area contributed by atoms with E-state index in [2.05, 4.69) is 10.6 Å². The van der Waals surface area contributed by atoms with Crippen LogP contribution >= 0.6 is 0 Å². The largest absolute Gasteiger partial charge is 0.352 e. The van der Waals surface area contributed by atoms with Crippen molar-refractivity contribution >= 4 is 11.8 Å². The Morgan fingerprint density at radius 3 is 2.60 bits per heavy atom. The molecule has 2 N–H and O–H groups in total. The molecule has 2 atom stereocenters. The van der Waals surface area contributed by atoms with Gasteiger partial charge in [0.1, 0.15) is 5.82 Å². The van der Waals surface area contributed by atoms with Crippen LogP contribution in [0.3, 0.4) is 0 Å². The van der Waals surface area contributed by atoms with Crippen molar-refractivity contribution in [3.63, 3.8) is 0 Å². The number of hydrogen-bond donors (Lipinski definition) is 2. The second kappa shape index (κ2) is 6.50. The van der Waals surface area contributed by atoms with Gasteiger partial charge in [-0.2, -0.15) is 0 Å². The fourth-order valence-corrected chi connectivity index (χ4v) is 2.63. The van der Waals surface area contributed by atoms with Gasteiger partial charge in [-0.25, -0.2) is 4.39 Å². The van der Waals surface area contributed by atoms with Crippen molar-refractivity contribution in [3.05, 3.63) is 35.6 Å². The number of halogens is 1. The van der Waals surface area contributed by atoms with Gasteiger partial charge in [0.25, 0.3) is 0 Å². The Morgan fingerprint density at radius 1 is 1.25 bits per heavy atom. The molecule has 1 aliphatic carbocycles. The highest BCUT2D eigenvalue weighted by molar-refractivity contribution is 5.83. The zero-order valence-electron chi connectivity index (χ0n) is 11.5. The molecule has 0 saturated heterocycles. The molecular formula is C15H19FN2O2. The molecule has 108 valence electrons. The lowest BCUT2D eigenvalue weighted by Gasteiger charge is -2.14. The molecule has 1 aromatic rings. The third kappa shape index (κ3) is 4.05. The standard InChI is InChI=1S/C15H19FN2O2/c1-10(19)17-9-15(20)18-14-7-4-12(8-14)11-2-5-13(16)6-3-11/h2-3,5-6,12,14H,4,7-9H2,1H3,(H,17,19)(H,18,20)/t12-,14-/m0/s1. The third-order valence-electron chi connectivity index (χ3n) is 3.64. The van der Waals surface area contributed by atoms with Gasteiger partial charge in [0.2, 0.25) is 11.8 Å². The summed E-state index contributed by atoms with van der Waals surface area (Å²) in [6, 6.07) is 6.69. The summed E-state index contributed by atoms with van der Waals surface area (Å²) in [5.41, 5.74) is 1.12. The SMILES string of the molecule is CC(=O)NCC(=O)N[C@H]1CC[C@H](c2ccc(F)cc2)C1. The third-order valence-corrected chi connectivity index (χ3v) is 3.64. The molecule has 1 fully saturated rings. The quantitative estimate of drug-likeness (QED) is 0.881. The summed E-state index contributed by atoms with van der Waals surface area (Å²) in [7, 11) is 0. The first-order valence-corrected chi connectivity index (χ1v) is 6.84. The van der Waals surface area contributed by atoms with Crippen molar-refractivity contribution in [3.8, 4) is 0 Å². The number of benzene rings is 1. The highest BCUT2D eigenvalue weighted by atomic mass is 19.1. The second-order valence-corrected chi connectivity index (χ2v) is 5.24. The van der Waals surface area contributed by atoms with Gasteiger partial charge in [0.05, 0.1) is 6.54 Å². The summed E-state index contributed by atoms with van der Waals surface area (Å²) in [4.78, 5) is 22.3. The normalized spacial score (nSPS) is 21.5. The molecular weight excluding hydrogens is 259 g/mol. The summed E-state index contributed by atoms with van der Waals surface area (Å²) < 4.78 is 12.9. The van der Waals surface area contributed by atoms with Crippen LogP contribution in [0.15, 0.2) is 24.3 Å². The van der Waals surface area contributed by atoms with Crippen molar-refractivity contribution in [1.82, 2.24) is 10.6 Å². The molecule has 0 heterocycles. The number of hydrogen-bond acceptors (Lipinski definition) is 2. The minimum atomic E-state index is -0.230. The fourth-order valence-electron chi connectivity index (χ4n) is 2.63. The molecule has 0 spiro atoms. The predicted molar refractivity (Wildman–Crippen MR) is 73.6 cm³/mol. The van der Waals surface area contributed by atoms with Gasteiger partial charge in [0.15, 0.2) is 0 Å². The van der Waals surface area contributed by atoms with Crippen molar-refractivity contribution in [2.45, 2.75) is 38.1 Å². The lowest BCUT2D eigenvalue weighted by Crippen LogP contribution is -2.40. The Hall–Kier alpha value is -1.91. The average molecular weight is 278 g/mol. The van der Waals surface area contributed by atoms with Crippen molar-refractivity contribution < 1.29 is 14.0 Å². The minimum absolute atomic E-state index is 0.0209. The van der Waals surface area contributed by atoms with Crippen LogP contribution in [-0.4, -0.2) is 24.4 Å². The number of nitrogens with one attached hydrogen (secondary N) is 2. The second-order valence-electron chi connectivity index (χ2n) is 5.24. The van der Waals surface area contributed by atoms with E-state index in [1.54, 1.807) is 0 Å². The Bertz CT molecular complexity index is 487. The molecule has 1 aromatic carbocycles. The molecule has 1 saturated carbocycles. The van der Waals surface area contributed by atoms with Crippen molar-refractivity contribution in [2.24, 2.45) is 0 Å². The Balaban J connectivity index is 1.81. The fraction of sp³-hybridized carbons (Fsp3) is 0.467. The summed E-state index contributed by atoms with van der Waals surface area (Å²) in [6.45, 7) is 1.40. The summed E-state index contributed by atoms with van der Waals surface area (Å²) in [6.07, 6.45) is 2.75. The Morgan fingerprint density at radius 2 is 1.95 bits per heavy atom. The van der Waals surface area contributed by atoms with E-state index in [0.29, 0.717) is 5.92 Å². The highest BCUT2D eigenvalue weighted by Crippen LogP contribution is 2.34. The maximum absolute atomic E-state index is 12.9. The van der Waals surface area contributed by atoms with Crippen LogP contribution in [0.1, 0.15) is 37.7 Å². The van der Waals surface area contributed by atoms with Crippen LogP contribution in [0.4, 0.5) is 4.39 Å². The summed E-state index contributed by atoms with van der Waals surface area (Å²) >= 11 is 0. The van der Waals surface area contributed by atoms with E-state index in [4.69, 9.17) is 0 Å². The summed E-state index contributed by atoms with van der Waals surface area (Å²) in [5, 5.41) is 5.39. The maximum Gasteiger partial charge on any atom is 0.239 e. The van der Waals surface area contributed by atoms with Crippen LogP contribution in [-0.2, 0) is 9.59 Å². The van der Waals surface area contributed by atoms with E-state index < -0.39 is 0 Å². The van der Waals surface area contributed by atoms with Gasteiger partial charge in [-0.1, -0.05) is 12.1 Å². The number of amides is 2. The van der Waals surface area contributed by atoms with Gasteiger partial charge >= 0.3 is 0 Å². The number of rotatable bonds is 4. The molecule has 0 radical (unpaired) electrons. The average Bonchev–Trinajstić information content (AvgIpc) is 2.85. The highest BCUT2D eigenvalue weighted by Gasteiger charge is 2.26. The van der Waals surface area contributed by atoms with E-state index in [1.165, 1.54) is 19.1 Å². The molecule has 20 heavy (non-hydrogen) atoms. The molecule has 1 aliphatic rings. The molecule has 0 unspecified atom stereocenters. The van der Waals surface area contributed by atoms with Crippen LogP contribution in [0.25, 0.3) is 0 Å². The van der Waals surface area contributed by atoms with Gasteiger partial charge in [-0.05, 0) is 42.9 Å². The van der Waals surface area contributed by atoms with Gasteiger partial charge in [-0.3, -0.25) is 9.59 Å². The first-order valence-electron chi connectivity index (χ1n) is 6.84. The molecule has 2 amide bonds. The van der Waals surface area contributed by atoms with Crippen LogP contribution in [0, 0.1) is 5.82 Å². The summed E-state index contributed by atoms with van der Waals surface area (Å²) in [5.74, 6) is -0.241. The molecule has 4 nitrogen and oxygen atoms in total. The van der Waals surface area contributed by atoms with Crippen LogP contribution in [0.5, 0.6) is 0 Å². The lowest BCUT2D eigenvalue weighted by atomic mass is 9.97. The molecule has 5 heteroatoms. The van der Waals surface area contributed by atoms with Gasteiger partial charge in [0, 0.05) is 13.0 Å². The monoisotopic (exact) mass is 278 g/mol. The van der Waals surface area contributed by atoms with Crippen molar-refractivity contribution in [2.75, 3.05) is 6.54 Å². The topological polar surface area (TPSA) is 58.2 Å². The van der Waals surface area contributed by atoms with Crippen molar-refractivity contribution in [1.29, 1.82) is 0 Å². The smallest absolute Gasteiger partial charge is 0.239 e. The maximum atomic E-state index is 12.9. The first-order chi connectivity index (χ1) is 9.54. The van der Waals surface area contributed by atoms with E-state index in [1.807, 2.05) is 12.1 Å². The Kier molecular flexibility index (Phi) is 4.71. The van der Waals surface area contributed by atoms with Gasteiger partial charge in [-0.15, -0.1) is 0 Å². The molecule has 2 rings (SSSR count). The Labute approximate surface area is 117 Å². The minimum Gasteiger partial charge on any atom is -0.352 e. The molecule has 0 aromatic heterocycles. The number of carbonyl (C=O) groups is 2. The van der Waals surface area contributed by atoms with Gasteiger partial charge < -0.3 is 10.6 Å². The van der Waals surface area contributed by atoms with E-state index in [-0.39, 0.29) is 30.2 Å². The zero-order chi connectivity index (χ0) is 14.5. The van der Waals surface area contributed by atoms with E-state index in [9.17, 15) is 14.0 Å². The molecule has 0 bridgehead atoms. The molecule has 0 aliphatic heterocycles. The predicted octanol–water partition coefficient (Wildman–Crippen LogP) is 1.71. The lowest BCUT2D eigenvalue weighted by molar-refractivity contribution is -0.125. The van der Waals surface area contributed by atoms with E-state index >= 15 is 0 Å². The zero-order valence-corrected chi connectivity index (χ0v) is 11.5. The van der Waals surface area contributed by atoms with Crippen LogP contribution in [0.2, 0.25) is 0 Å².